The van der Waals surface area contributed by atoms with E-state index in [9.17, 15) is 163 Å². The van der Waals surface area contributed by atoms with Gasteiger partial charge in [0.25, 0.3) is 0 Å². The van der Waals surface area contributed by atoms with Crippen LogP contribution in [-0.4, -0.2) is 537 Å². The van der Waals surface area contributed by atoms with Gasteiger partial charge in [-0.25, -0.2) is 0 Å². The summed E-state index contributed by atoms with van der Waals surface area (Å²) in [6.07, 6.45) is -107. The molecule has 0 aromatic carbocycles. The topological polar surface area (TPSA) is 823 Å². The van der Waals surface area contributed by atoms with E-state index < -0.39 is 373 Å². The molecular weight excluding hydrogens is 1540 g/mol. The van der Waals surface area contributed by atoms with E-state index in [0.29, 0.717) is 0 Å². The van der Waals surface area contributed by atoms with Gasteiger partial charge in [-0.2, -0.15) is 0 Å². The highest BCUT2D eigenvalue weighted by Crippen LogP contribution is 2.43. The number of rotatable bonds is 29. The largest absolute Gasteiger partial charge is 0.394 e. The minimum atomic E-state index is -2.78. The van der Waals surface area contributed by atoms with Gasteiger partial charge in [-0.3, -0.25) is 0 Å². The molecule has 0 spiro atoms. The van der Waals surface area contributed by atoms with Crippen molar-refractivity contribution >= 4 is 0 Å². The van der Waals surface area contributed by atoms with Crippen molar-refractivity contribution < 1.29 is 253 Å². The Morgan fingerprint density at radius 1 is 0.180 bits per heavy atom. The zero-order chi connectivity index (χ0) is 81.4. The van der Waals surface area contributed by atoms with Crippen molar-refractivity contribution in [2.45, 2.75) is 300 Å². The van der Waals surface area contributed by atoms with Crippen LogP contribution in [-0.2, 0) is 90.0 Å². The first-order chi connectivity index (χ1) is 52.7. The van der Waals surface area contributed by atoms with Crippen molar-refractivity contribution in [2.75, 3.05) is 72.7 Å². The molecule has 10 heterocycles. The van der Waals surface area contributed by atoms with Crippen LogP contribution in [0, 0.1) is 0 Å². The molecule has 0 unspecified atom stereocenters. The van der Waals surface area contributed by atoms with Crippen molar-refractivity contribution in [3.63, 3.8) is 0 Å². The average Bonchev–Trinajstić information content (AvgIpc) is 1.75. The third-order valence-corrected chi connectivity index (χ3v) is 21.0. The number of hydrogen-bond acceptors (Lipinski definition) is 51. The van der Waals surface area contributed by atoms with Crippen molar-refractivity contribution in [3.8, 4) is 0 Å². The van der Waals surface area contributed by atoms with Gasteiger partial charge in [0.1, 0.15) is 245 Å². The average molecular weight is 1640 g/mol. The fourth-order valence-corrected chi connectivity index (χ4v) is 14.4. The van der Waals surface area contributed by atoms with Crippen LogP contribution in [0.3, 0.4) is 0 Å². The van der Waals surface area contributed by atoms with Crippen LogP contribution >= 0.6 is 0 Å². The smallest absolute Gasteiger partial charge is 0.224 e. The van der Waals surface area contributed by atoms with Gasteiger partial charge >= 0.3 is 0 Å². The second-order valence-electron chi connectivity index (χ2n) is 28.0. The number of aliphatic hydroxyl groups excluding tert-OH is 32. The first-order valence-electron chi connectivity index (χ1n) is 35.2. The molecule has 0 saturated carbocycles. The normalized spacial score (nSPS) is 53.6. The molecule has 0 aliphatic carbocycles. The highest BCUT2D eigenvalue weighted by atomic mass is 16.8. The van der Waals surface area contributed by atoms with Gasteiger partial charge < -0.3 is 253 Å². The first-order valence-corrected chi connectivity index (χ1v) is 35.2. The quantitative estimate of drug-likeness (QED) is 0.0331. The molecule has 648 valence electrons. The van der Waals surface area contributed by atoms with E-state index in [1.807, 2.05) is 0 Å². The Balaban J connectivity index is 0.955. The molecule has 10 aliphatic rings. The van der Waals surface area contributed by atoms with Gasteiger partial charge in [-0.05, 0) is 0 Å². The summed E-state index contributed by atoms with van der Waals surface area (Å²) in [5.74, 6) is -2.78. The molecular formula is C60H102O51. The molecule has 51 nitrogen and oxygen atoms in total. The molecule has 51 heteroatoms. The minimum Gasteiger partial charge on any atom is -0.394 e. The van der Waals surface area contributed by atoms with Crippen LogP contribution < -0.4 is 0 Å². The number of ether oxygens (including phenoxy) is 19. The van der Waals surface area contributed by atoms with Crippen LogP contribution in [0.4, 0.5) is 0 Å². The van der Waals surface area contributed by atoms with E-state index in [4.69, 9.17) is 90.0 Å². The van der Waals surface area contributed by atoms with Gasteiger partial charge in [-0.1, -0.05) is 0 Å². The molecule has 10 aliphatic heterocycles. The Labute approximate surface area is 625 Å². The summed E-state index contributed by atoms with van der Waals surface area (Å²) in [6.45, 7) is -12.8. The maximum atomic E-state index is 12.0. The summed E-state index contributed by atoms with van der Waals surface area (Å²) in [7, 11) is 0. The van der Waals surface area contributed by atoms with E-state index >= 15 is 0 Å². The van der Waals surface area contributed by atoms with E-state index in [1.165, 1.54) is 0 Å². The van der Waals surface area contributed by atoms with E-state index in [2.05, 4.69) is 0 Å². The van der Waals surface area contributed by atoms with E-state index in [1.54, 1.807) is 0 Å². The highest BCUT2D eigenvalue weighted by Gasteiger charge is 2.64. The van der Waals surface area contributed by atoms with Crippen LogP contribution in [0.5, 0.6) is 0 Å². The van der Waals surface area contributed by atoms with Gasteiger partial charge in [0, 0.05) is 0 Å². The van der Waals surface area contributed by atoms with Crippen LogP contribution in [0.2, 0.25) is 0 Å². The Kier molecular flexibility index (Phi) is 32.1. The standard InChI is InChI=1S/C60H102O51/c61-1-12-22(72)32(82)41(91)51(93-12)102-42-33(83)23(73)13(2-62)94-52(42)103-43-34(84)24(74)14(3-63)95-53(43)104-44-35(85)25(75)15(4-64)96-54(44)105-45-36(86)26(76)16(5-65)97-55(45)106-46-37(87)27(77)17(6-66)98-56(46)107-47-38(88)28(78)18(7-67)99-57(47)108-48-39(89)29(79)19(8-68)100-58(48)109-49-40(90)30(80)20(9-69)101-59(49)111-60(11-71)50(92)31(81)21(10-70)110-60/h12-59,61-92H,1-11H2/t12-,13-,14-,15-,16-,17-,18-,19-,20-,21-,22-,23-,24-,25-,26-,27-,28-,29-,30-,31-,32+,33-,34+,35+,36+,37+,38+,39+,40+,41-,42-,43-,44-,45-,46-,47-,48-,49-,50+,51-,52-,53-,54-,55-,56-,57-,58-,59-,60+/m1/s1. The lowest BCUT2D eigenvalue weighted by molar-refractivity contribution is -0.427. The predicted molar refractivity (Wildman–Crippen MR) is 330 cm³/mol. The molecule has 10 fully saturated rings. The summed E-state index contributed by atoms with van der Waals surface area (Å²) < 4.78 is 111. The zero-order valence-corrected chi connectivity index (χ0v) is 58.1. The second-order valence-corrected chi connectivity index (χ2v) is 28.0. The fraction of sp³-hybridized carbons (Fsp3) is 1.00. The summed E-state index contributed by atoms with van der Waals surface area (Å²) >= 11 is 0. The highest BCUT2D eigenvalue weighted by molar-refractivity contribution is 5.04. The third-order valence-electron chi connectivity index (χ3n) is 21.0. The second kappa shape index (κ2) is 39.0. The summed E-state index contributed by atoms with van der Waals surface area (Å²) in [6, 6.07) is 0. The molecule has 0 bridgehead atoms. The van der Waals surface area contributed by atoms with E-state index in [-0.39, 0.29) is 0 Å². The van der Waals surface area contributed by atoms with Crippen molar-refractivity contribution in [1.82, 2.24) is 0 Å². The SMILES string of the molecule is OC[C@H]1O[C@@](CO)(O[C@H]2O[C@H](CO)[C@@H](O)[C@H](O)[C@H]2O[C@H]2O[C@H](CO)[C@@H](O)[C@H](O)[C@H]2O[C@H]2O[C@H](CO)[C@@H](O)[C@H](O)[C@H]2O[C@H]2O[C@H](CO)[C@@H](O)[C@H](O)[C@H]2O[C@H]2O[C@H](CO)[C@@H](O)[C@H](O)[C@H]2O[C@H]2O[C@H](CO)[C@@H](O)[C@H](O)[C@H]2O[C@H]2O[C@H](CO)[C@@H](O)[C@H](O)[C@H]2O[C@H]2O[C@H](CO)[C@@H](O)[C@@H](O)[C@H]2O[C@H]2O[C@H](CO)[C@@H](O)[C@H](O)[C@H]2O)[C@@H](O)[C@@H]1O. The fourth-order valence-electron chi connectivity index (χ4n) is 14.4. The Morgan fingerprint density at radius 3 is 0.541 bits per heavy atom. The molecule has 10 rings (SSSR count). The van der Waals surface area contributed by atoms with Crippen molar-refractivity contribution in [1.29, 1.82) is 0 Å². The Morgan fingerprint density at radius 2 is 0.351 bits per heavy atom. The molecule has 32 N–H and O–H groups in total. The van der Waals surface area contributed by atoms with Gasteiger partial charge in [0.2, 0.25) is 5.79 Å². The van der Waals surface area contributed by atoms with Crippen molar-refractivity contribution in [2.24, 2.45) is 0 Å². The Bertz CT molecular complexity index is 2810. The maximum Gasteiger partial charge on any atom is 0.224 e. The molecule has 111 heavy (non-hydrogen) atoms. The van der Waals surface area contributed by atoms with Crippen LogP contribution in [0.1, 0.15) is 0 Å². The maximum absolute atomic E-state index is 12.0. The molecule has 0 amide bonds. The number of aliphatic hydroxyl groups is 32. The lowest BCUT2D eigenvalue weighted by atomic mass is 9.95. The molecule has 49 atom stereocenters. The van der Waals surface area contributed by atoms with Crippen LogP contribution in [0.15, 0.2) is 0 Å². The third kappa shape index (κ3) is 18.4. The molecule has 0 aromatic heterocycles. The van der Waals surface area contributed by atoms with Gasteiger partial charge in [0.15, 0.2) is 56.6 Å². The first kappa shape index (κ1) is 91.3. The van der Waals surface area contributed by atoms with Gasteiger partial charge in [-0.15, -0.1) is 0 Å². The molecule has 10 saturated heterocycles. The lowest BCUT2D eigenvalue weighted by Gasteiger charge is -2.51. The zero-order valence-electron chi connectivity index (χ0n) is 58.1. The summed E-state index contributed by atoms with van der Waals surface area (Å²) in [5.41, 5.74) is 0. The number of hydrogen-bond donors (Lipinski definition) is 32. The lowest BCUT2D eigenvalue weighted by Crippen LogP contribution is -2.69. The summed E-state index contributed by atoms with van der Waals surface area (Å²) in [4.78, 5) is 0. The molecule has 0 aromatic rings. The Hall–Kier alpha value is -2.04. The summed E-state index contributed by atoms with van der Waals surface area (Å²) in [5, 5.41) is 352. The van der Waals surface area contributed by atoms with Gasteiger partial charge in [0.05, 0.1) is 66.1 Å². The van der Waals surface area contributed by atoms with Crippen LogP contribution in [0.25, 0.3) is 0 Å². The minimum absolute atomic E-state index is 0.990. The predicted octanol–water partition coefficient (Wildman–Crippen LogP) is -22.8. The molecule has 0 radical (unpaired) electrons. The van der Waals surface area contributed by atoms with Crippen molar-refractivity contribution in [3.05, 3.63) is 0 Å². The monoisotopic (exact) mass is 1640 g/mol. The van der Waals surface area contributed by atoms with E-state index in [0.717, 1.165) is 0 Å².